The van der Waals surface area contributed by atoms with Crippen LogP contribution in [-0.2, 0) is 31.2 Å². The molecular formula is C21H30O5P2. The van der Waals surface area contributed by atoms with Crippen LogP contribution in [-0.4, -0.2) is 31.9 Å². The molecule has 0 spiro atoms. The highest BCUT2D eigenvalue weighted by Crippen LogP contribution is 2.67. The summed E-state index contributed by atoms with van der Waals surface area (Å²) in [5.74, 6) is 0.748. The van der Waals surface area contributed by atoms with Crippen molar-refractivity contribution in [1.82, 2.24) is 0 Å². The normalized spacial score (nSPS) is 13.3. The molecule has 0 aliphatic carbocycles. The van der Waals surface area contributed by atoms with E-state index in [1.807, 2.05) is 54.6 Å². The van der Waals surface area contributed by atoms with Crippen LogP contribution in [0.3, 0.4) is 0 Å². The van der Waals surface area contributed by atoms with Gasteiger partial charge in [0.1, 0.15) is 17.8 Å². The maximum atomic E-state index is 13.2. The van der Waals surface area contributed by atoms with Crippen molar-refractivity contribution < 1.29 is 22.9 Å². The summed E-state index contributed by atoms with van der Waals surface area (Å²) in [6.45, 7) is 7.79. The third-order valence-corrected chi connectivity index (χ3v) is 10.6. The SMILES string of the molecule is CCOP(=O)(OCC)C(Cc1ccc(OCc2ccccc2)cc1)P(C)(C)=O. The van der Waals surface area contributed by atoms with Crippen LogP contribution >= 0.6 is 14.7 Å². The van der Waals surface area contributed by atoms with Gasteiger partial charge in [-0.15, -0.1) is 0 Å². The summed E-state index contributed by atoms with van der Waals surface area (Å²) < 4.78 is 42.9. The van der Waals surface area contributed by atoms with Gasteiger partial charge in [-0.1, -0.05) is 42.5 Å². The molecule has 0 radical (unpaired) electrons. The van der Waals surface area contributed by atoms with Gasteiger partial charge in [0.25, 0.3) is 0 Å². The zero-order valence-corrected chi connectivity index (χ0v) is 18.8. The second-order valence-electron chi connectivity index (χ2n) is 6.91. The molecule has 0 bridgehead atoms. The van der Waals surface area contributed by atoms with Crippen molar-refractivity contribution in [3.05, 3.63) is 65.7 Å². The lowest BCUT2D eigenvalue weighted by atomic mass is 10.2. The van der Waals surface area contributed by atoms with Gasteiger partial charge in [-0.25, -0.2) is 0 Å². The lowest BCUT2D eigenvalue weighted by Crippen LogP contribution is -2.16. The number of ether oxygens (including phenoxy) is 1. The molecule has 28 heavy (non-hydrogen) atoms. The number of hydrogen-bond donors (Lipinski definition) is 0. The maximum Gasteiger partial charge on any atom is 0.341 e. The molecule has 0 N–H and O–H groups in total. The van der Waals surface area contributed by atoms with Crippen LogP contribution in [0.5, 0.6) is 5.75 Å². The Labute approximate surface area is 168 Å². The molecule has 2 rings (SSSR count). The Bertz CT molecular complexity index is 804. The lowest BCUT2D eigenvalue weighted by molar-refractivity contribution is 0.217. The fourth-order valence-electron chi connectivity index (χ4n) is 2.91. The molecule has 0 aliphatic rings. The Kier molecular flexibility index (Phi) is 8.52. The minimum absolute atomic E-state index is 0.250. The van der Waals surface area contributed by atoms with Crippen molar-refractivity contribution in [2.24, 2.45) is 0 Å². The van der Waals surface area contributed by atoms with Crippen molar-refractivity contribution in [2.45, 2.75) is 32.3 Å². The van der Waals surface area contributed by atoms with E-state index in [2.05, 4.69) is 0 Å². The van der Waals surface area contributed by atoms with Crippen LogP contribution in [0.4, 0.5) is 0 Å². The van der Waals surface area contributed by atoms with E-state index in [0.29, 0.717) is 13.0 Å². The highest BCUT2D eigenvalue weighted by atomic mass is 31.2. The molecule has 0 aromatic heterocycles. The molecule has 0 heterocycles. The molecule has 0 saturated heterocycles. The van der Waals surface area contributed by atoms with Crippen LogP contribution in [0.15, 0.2) is 54.6 Å². The van der Waals surface area contributed by atoms with Gasteiger partial charge in [0.15, 0.2) is 0 Å². The zero-order chi connectivity index (χ0) is 20.6. The van der Waals surface area contributed by atoms with Crippen molar-refractivity contribution in [3.8, 4) is 5.75 Å². The molecule has 7 heteroatoms. The van der Waals surface area contributed by atoms with E-state index in [-0.39, 0.29) is 13.2 Å². The van der Waals surface area contributed by atoms with Gasteiger partial charge in [-0.3, -0.25) is 4.57 Å². The summed E-state index contributed by atoms with van der Waals surface area (Å²) in [5, 5.41) is -0.670. The molecule has 2 aromatic carbocycles. The fourth-order valence-corrected chi connectivity index (χ4v) is 8.26. The first-order chi connectivity index (χ1) is 13.3. The Hall–Kier alpha value is -1.38. The zero-order valence-electron chi connectivity index (χ0n) is 17.0. The van der Waals surface area contributed by atoms with E-state index >= 15 is 0 Å². The molecule has 5 nitrogen and oxygen atoms in total. The molecule has 1 unspecified atom stereocenters. The Morgan fingerprint density at radius 1 is 0.821 bits per heavy atom. The van der Waals surface area contributed by atoms with E-state index in [1.165, 1.54) is 0 Å². The molecule has 0 aliphatic heterocycles. The van der Waals surface area contributed by atoms with Crippen LogP contribution in [0.2, 0.25) is 0 Å². The highest BCUT2D eigenvalue weighted by Gasteiger charge is 2.43. The number of benzene rings is 2. The Balaban J connectivity index is 2.12. The summed E-state index contributed by atoms with van der Waals surface area (Å²) in [6, 6.07) is 17.5. The first kappa shape index (κ1) is 22.9. The molecule has 0 amide bonds. The average Bonchev–Trinajstić information content (AvgIpc) is 2.65. The first-order valence-corrected chi connectivity index (χ1v) is 13.8. The second kappa shape index (κ2) is 10.4. The standard InChI is InChI=1S/C21H30O5P2/c1-5-25-28(23,26-6-2)21(27(3,4)22)16-18-12-14-20(15-13-18)24-17-19-10-8-7-9-11-19/h7-15,21H,5-6,16-17H2,1-4H3. The fraction of sp³-hybridized carbons (Fsp3) is 0.429. The third-order valence-electron chi connectivity index (χ3n) is 4.29. The first-order valence-electron chi connectivity index (χ1n) is 9.47. The van der Waals surface area contributed by atoms with Crippen LogP contribution in [0.25, 0.3) is 0 Å². The summed E-state index contributed by atoms with van der Waals surface area (Å²) in [4.78, 5) is 0. The summed E-state index contributed by atoms with van der Waals surface area (Å²) >= 11 is 0. The largest absolute Gasteiger partial charge is 0.489 e. The van der Waals surface area contributed by atoms with Gasteiger partial charge in [0, 0.05) is 0 Å². The van der Waals surface area contributed by atoms with Gasteiger partial charge < -0.3 is 18.3 Å². The highest BCUT2D eigenvalue weighted by molar-refractivity contribution is 7.77. The van der Waals surface area contributed by atoms with Gasteiger partial charge in [0.05, 0.1) is 20.4 Å². The molecular weight excluding hydrogens is 394 g/mol. The maximum absolute atomic E-state index is 13.2. The average molecular weight is 424 g/mol. The van der Waals surface area contributed by atoms with E-state index in [9.17, 15) is 9.13 Å². The smallest absolute Gasteiger partial charge is 0.341 e. The van der Waals surface area contributed by atoms with Crippen molar-refractivity contribution in [3.63, 3.8) is 0 Å². The van der Waals surface area contributed by atoms with E-state index in [1.54, 1.807) is 27.2 Å². The Morgan fingerprint density at radius 2 is 1.39 bits per heavy atom. The second-order valence-corrected chi connectivity index (χ2v) is 13.0. The van der Waals surface area contributed by atoms with Gasteiger partial charge in [0.2, 0.25) is 0 Å². The lowest BCUT2D eigenvalue weighted by Gasteiger charge is -2.29. The summed E-state index contributed by atoms with van der Waals surface area (Å²) in [6.07, 6.45) is 0.362. The molecule has 0 fully saturated rings. The third kappa shape index (κ3) is 6.60. The minimum atomic E-state index is -3.48. The monoisotopic (exact) mass is 424 g/mol. The molecule has 154 valence electrons. The number of rotatable bonds is 11. The van der Waals surface area contributed by atoms with Gasteiger partial charge in [-0.05, 0) is 56.9 Å². The topological polar surface area (TPSA) is 61.8 Å². The van der Waals surface area contributed by atoms with Crippen molar-refractivity contribution >= 4 is 14.7 Å². The van der Waals surface area contributed by atoms with E-state index in [0.717, 1.165) is 16.9 Å². The van der Waals surface area contributed by atoms with Crippen molar-refractivity contribution in [1.29, 1.82) is 0 Å². The van der Waals surface area contributed by atoms with Gasteiger partial charge in [-0.2, -0.15) is 0 Å². The number of hydrogen-bond acceptors (Lipinski definition) is 5. The molecule has 1 atom stereocenters. The Morgan fingerprint density at radius 3 is 1.89 bits per heavy atom. The predicted octanol–water partition coefficient (Wildman–Crippen LogP) is 6.02. The van der Waals surface area contributed by atoms with Crippen LogP contribution < -0.4 is 4.74 Å². The molecule has 2 aromatic rings. The predicted molar refractivity (Wildman–Crippen MR) is 115 cm³/mol. The van der Waals surface area contributed by atoms with E-state index in [4.69, 9.17) is 13.8 Å². The van der Waals surface area contributed by atoms with E-state index < -0.39 is 20.1 Å². The van der Waals surface area contributed by atoms with Gasteiger partial charge >= 0.3 is 7.60 Å². The van der Waals surface area contributed by atoms with Crippen molar-refractivity contribution in [2.75, 3.05) is 26.5 Å². The summed E-state index contributed by atoms with van der Waals surface area (Å²) in [7, 11) is -6.21. The summed E-state index contributed by atoms with van der Waals surface area (Å²) in [5.41, 5.74) is 2.01. The van der Waals surface area contributed by atoms with Crippen LogP contribution in [0.1, 0.15) is 25.0 Å². The van der Waals surface area contributed by atoms with Crippen LogP contribution in [0, 0.1) is 0 Å². The minimum Gasteiger partial charge on any atom is -0.489 e. The quantitative estimate of drug-likeness (QED) is 0.413. The molecule has 0 saturated carbocycles.